The summed E-state index contributed by atoms with van der Waals surface area (Å²) in [6, 6.07) is -0.840. The van der Waals surface area contributed by atoms with Crippen LogP contribution in [0.5, 0.6) is 0 Å². The summed E-state index contributed by atoms with van der Waals surface area (Å²) >= 11 is 0. The molecular formula is C12H20N4O3. The molecule has 1 unspecified atom stereocenters. The molecule has 0 spiro atoms. The van der Waals surface area contributed by atoms with E-state index < -0.39 is 11.9 Å². The molecule has 19 heavy (non-hydrogen) atoms. The summed E-state index contributed by atoms with van der Waals surface area (Å²) in [5, 5.41) is 7.23. The molecule has 0 aliphatic carbocycles. The van der Waals surface area contributed by atoms with Crippen LogP contribution < -0.4 is 16.0 Å². The maximum Gasteiger partial charge on any atom is 0.321 e. The van der Waals surface area contributed by atoms with Gasteiger partial charge in [-0.3, -0.25) is 19.8 Å². The van der Waals surface area contributed by atoms with Crippen LogP contribution in [0.1, 0.15) is 12.8 Å². The van der Waals surface area contributed by atoms with Gasteiger partial charge in [-0.25, -0.2) is 4.79 Å². The number of nitrogens with one attached hydrogen (secondary N) is 3. The van der Waals surface area contributed by atoms with Crippen LogP contribution in [0.25, 0.3) is 0 Å². The van der Waals surface area contributed by atoms with E-state index in [9.17, 15) is 14.4 Å². The van der Waals surface area contributed by atoms with E-state index in [1.54, 1.807) is 11.9 Å². The quantitative estimate of drug-likeness (QED) is 0.570. The molecule has 0 saturated carbocycles. The molecule has 3 N–H and O–H groups in total. The second kappa shape index (κ2) is 7.52. The summed E-state index contributed by atoms with van der Waals surface area (Å²) in [6.07, 6.45) is 3.12. The fraction of sp³-hybridized carbons (Fsp3) is 0.583. The van der Waals surface area contributed by atoms with Gasteiger partial charge in [-0.15, -0.1) is 6.58 Å². The van der Waals surface area contributed by atoms with Crippen molar-refractivity contribution in [2.75, 3.05) is 26.7 Å². The highest BCUT2D eigenvalue weighted by Gasteiger charge is 2.31. The first-order valence-corrected chi connectivity index (χ1v) is 6.22. The molecular weight excluding hydrogens is 248 g/mol. The Bertz CT molecular complexity index is 370. The van der Waals surface area contributed by atoms with Crippen molar-refractivity contribution >= 4 is 17.8 Å². The van der Waals surface area contributed by atoms with Gasteiger partial charge in [0.05, 0.1) is 12.6 Å². The van der Waals surface area contributed by atoms with E-state index in [-0.39, 0.29) is 18.5 Å². The van der Waals surface area contributed by atoms with Crippen molar-refractivity contribution in [1.29, 1.82) is 0 Å². The Morgan fingerprint density at radius 2 is 2.16 bits per heavy atom. The Morgan fingerprint density at radius 3 is 2.79 bits per heavy atom. The standard InChI is InChI=1S/C12H20N4O3/c1-3-6-14-12(19)15-10(17)8-16-7-4-5-9(16)11(18)13-2/h3,9H,1,4-8H2,2H3,(H,13,18)(H2,14,15,17,19). The molecule has 106 valence electrons. The summed E-state index contributed by atoms with van der Waals surface area (Å²) < 4.78 is 0. The van der Waals surface area contributed by atoms with Crippen LogP contribution in [0.2, 0.25) is 0 Å². The van der Waals surface area contributed by atoms with Crippen molar-refractivity contribution in [1.82, 2.24) is 20.9 Å². The van der Waals surface area contributed by atoms with Crippen molar-refractivity contribution in [3.8, 4) is 0 Å². The van der Waals surface area contributed by atoms with Crippen molar-refractivity contribution in [3.05, 3.63) is 12.7 Å². The third-order valence-electron chi connectivity index (χ3n) is 2.92. The van der Waals surface area contributed by atoms with Crippen LogP contribution in [-0.2, 0) is 9.59 Å². The molecule has 0 aromatic rings. The Hall–Kier alpha value is -1.89. The number of imide groups is 1. The lowest BCUT2D eigenvalue weighted by Crippen LogP contribution is -2.48. The Labute approximate surface area is 112 Å². The van der Waals surface area contributed by atoms with E-state index in [1.165, 1.54) is 6.08 Å². The fourth-order valence-electron chi connectivity index (χ4n) is 2.04. The van der Waals surface area contributed by atoms with Crippen molar-refractivity contribution < 1.29 is 14.4 Å². The molecule has 0 aromatic heterocycles. The number of urea groups is 1. The predicted molar refractivity (Wildman–Crippen MR) is 70.4 cm³/mol. The summed E-state index contributed by atoms with van der Waals surface area (Å²) in [5.41, 5.74) is 0. The van der Waals surface area contributed by atoms with Crippen LogP contribution in [0.3, 0.4) is 0 Å². The maximum atomic E-state index is 11.7. The molecule has 0 bridgehead atoms. The van der Waals surface area contributed by atoms with Gasteiger partial charge in [0.25, 0.3) is 0 Å². The molecule has 1 fully saturated rings. The lowest BCUT2D eigenvalue weighted by Gasteiger charge is -2.22. The van der Waals surface area contributed by atoms with E-state index >= 15 is 0 Å². The number of carbonyl (C=O) groups excluding carboxylic acids is 3. The van der Waals surface area contributed by atoms with Gasteiger partial charge in [0.2, 0.25) is 11.8 Å². The van der Waals surface area contributed by atoms with Gasteiger partial charge < -0.3 is 10.6 Å². The number of hydrogen-bond acceptors (Lipinski definition) is 4. The Kier molecular flexibility index (Phi) is 6.01. The van der Waals surface area contributed by atoms with Gasteiger partial charge in [-0.05, 0) is 19.4 Å². The molecule has 1 aliphatic rings. The molecule has 1 saturated heterocycles. The average molecular weight is 268 g/mol. The number of amides is 4. The van der Waals surface area contributed by atoms with Crippen LogP contribution in [0, 0.1) is 0 Å². The smallest absolute Gasteiger partial charge is 0.321 e. The van der Waals surface area contributed by atoms with E-state index in [1.807, 2.05) is 0 Å². The van der Waals surface area contributed by atoms with Crippen molar-refractivity contribution in [2.24, 2.45) is 0 Å². The van der Waals surface area contributed by atoms with Crippen LogP contribution in [0.15, 0.2) is 12.7 Å². The van der Waals surface area contributed by atoms with Gasteiger partial charge in [0, 0.05) is 13.6 Å². The Balaban J connectivity index is 2.41. The SMILES string of the molecule is C=CCNC(=O)NC(=O)CN1CCCC1C(=O)NC. The molecule has 0 radical (unpaired) electrons. The second-order valence-electron chi connectivity index (χ2n) is 4.29. The number of likely N-dealkylation sites (N-methyl/N-ethyl adjacent to an activating group) is 1. The molecule has 0 aromatic carbocycles. The first kappa shape index (κ1) is 15.2. The zero-order valence-electron chi connectivity index (χ0n) is 11.1. The zero-order valence-corrected chi connectivity index (χ0v) is 11.1. The number of hydrogen-bond donors (Lipinski definition) is 3. The summed E-state index contributed by atoms with van der Waals surface area (Å²) in [4.78, 5) is 36.3. The Morgan fingerprint density at radius 1 is 1.42 bits per heavy atom. The minimum absolute atomic E-state index is 0.0413. The number of rotatable bonds is 5. The minimum Gasteiger partial charge on any atom is -0.358 e. The van der Waals surface area contributed by atoms with Crippen LogP contribution in [-0.4, -0.2) is 55.5 Å². The number of likely N-dealkylation sites (tertiary alicyclic amines) is 1. The van der Waals surface area contributed by atoms with Crippen molar-refractivity contribution in [2.45, 2.75) is 18.9 Å². The maximum absolute atomic E-state index is 11.7. The average Bonchev–Trinajstić information content (AvgIpc) is 2.83. The first-order chi connectivity index (χ1) is 9.08. The van der Waals surface area contributed by atoms with E-state index in [0.29, 0.717) is 13.1 Å². The van der Waals surface area contributed by atoms with E-state index in [2.05, 4.69) is 22.5 Å². The largest absolute Gasteiger partial charge is 0.358 e. The third-order valence-corrected chi connectivity index (χ3v) is 2.92. The van der Waals surface area contributed by atoms with Crippen LogP contribution >= 0.6 is 0 Å². The number of carbonyl (C=O) groups is 3. The van der Waals surface area contributed by atoms with Gasteiger partial charge in [0.1, 0.15) is 0 Å². The third kappa shape index (κ3) is 4.70. The minimum atomic E-state index is -0.555. The van der Waals surface area contributed by atoms with Crippen LogP contribution in [0.4, 0.5) is 4.79 Å². The first-order valence-electron chi connectivity index (χ1n) is 6.22. The topological polar surface area (TPSA) is 90.5 Å². The lowest BCUT2D eigenvalue weighted by atomic mass is 10.2. The van der Waals surface area contributed by atoms with Crippen molar-refractivity contribution in [3.63, 3.8) is 0 Å². The van der Waals surface area contributed by atoms with Gasteiger partial charge in [-0.2, -0.15) is 0 Å². The summed E-state index contributed by atoms with van der Waals surface area (Å²) in [6.45, 7) is 4.47. The second-order valence-corrected chi connectivity index (χ2v) is 4.29. The van der Waals surface area contributed by atoms with Gasteiger partial charge in [-0.1, -0.05) is 6.08 Å². The molecule has 7 heteroatoms. The normalized spacial score (nSPS) is 18.7. The molecule has 4 amide bonds. The zero-order chi connectivity index (χ0) is 14.3. The lowest BCUT2D eigenvalue weighted by molar-refractivity contribution is -0.126. The molecule has 1 aliphatic heterocycles. The fourth-order valence-corrected chi connectivity index (χ4v) is 2.04. The van der Waals surface area contributed by atoms with E-state index in [0.717, 1.165) is 12.8 Å². The highest BCUT2D eigenvalue weighted by Crippen LogP contribution is 2.16. The predicted octanol–water partition coefficient (Wildman–Crippen LogP) is -0.791. The molecule has 1 heterocycles. The van der Waals surface area contributed by atoms with E-state index in [4.69, 9.17) is 0 Å². The summed E-state index contributed by atoms with van der Waals surface area (Å²) in [7, 11) is 1.57. The molecule has 1 atom stereocenters. The van der Waals surface area contributed by atoms with Gasteiger partial charge >= 0.3 is 6.03 Å². The van der Waals surface area contributed by atoms with Gasteiger partial charge in [0.15, 0.2) is 0 Å². The highest BCUT2D eigenvalue weighted by molar-refractivity contribution is 5.95. The highest BCUT2D eigenvalue weighted by atomic mass is 16.2. The molecule has 7 nitrogen and oxygen atoms in total. The molecule has 1 rings (SSSR count). The monoisotopic (exact) mass is 268 g/mol. The summed E-state index contributed by atoms with van der Waals surface area (Å²) in [5.74, 6) is -0.515. The number of nitrogens with zero attached hydrogens (tertiary/aromatic N) is 1.